The molecule has 2 rings (SSSR count). The minimum atomic E-state index is -1.20. The van der Waals surface area contributed by atoms with Crippen LogP contribution in [0, 0.1) is 11.3 Å². The van der Waals surface area contributed by atoms with Gasteiger partial charge in [-0.15, -0.1) is 0 Å². The number of ether oxygens (including phenoxy) is 4. The summed E-state index contributed by atoms with van der Waals surface area (Å²) in [6.45, 7) is 0.680. The molecule has 92 valence electrons. The highest BCUT2D eigenvalue weighted by atomic mass is 35.5. The monoisotopic (exact) mass is 258 g/mol. The van der Waals surface area contributed by atoms with E-state index in [0.29, 0.717) is 0 Å². The zero-order valence-electron chi connectivity index (χ0n) is 9.42. The lowest BCUT2D eigenvalue weighted by atomic mass is 9.80. The van der Waals surface area contributed by atoms with Crippen LogP contribution in [0.1, 0.15) is 6.92 Å². The van der Waals surface area contributed by atoms with E-state index in [1.54, 1.807) is 6.92 Å². The molecule has 5 nitrogen and oxygen atoms in total. The summed E-state index contributed by atoms with van der Waals surface area (Å²) < 4.78 is 21.3. The number of fused-ring (bicyclic) bond motifs is 1. The van der Waals surface area contributed by atoms with E-state index in [4.69, 9.17) is 38.4 Å². The van der Waals surface area contributed by atoms with Crippen molar-refractivity contribution in [2.45, 2.75) is 43.3 Å². The summed E-state index contributed by atoms with van der Waals surface area (Å²) in [5, 5.41) is 11.8. The van der Waals surface area contributed by atoms with Crippen LogP contribution in [-0.4, -0.2) is 56.5 Å². The number of hydrogen-bond donors (Lipinski definition) is 1. The highest BCUT2D eigenvalue weighted by molar-refractivity contribution is 6.30. The lowest BCUT2D eigenvalue weighted by Crippen LogP contribution is -2.46. The van der Waals surface area contributed by atoms with Gasteiger partial charge in [0.25, 0.3) is 6.48 Å². The molecular weight excluding hydrogens is 246 g/mol. The molecule has 0 aromatic carbocycles. The Bertz CT molecular complexity index is 354. The molecule has 2 radical (unpaired) electrons. The molecule has 0 spiro atoms. The normalized spacial score (nSPS) is 46.1. The first kappa shape index (κ1) is 13.2. The quantitative estimate of drug-likeness (QED) is 0.537. The Morgan fingerprint density at radius 1 is 1.53 bits per heavy atom. The van der Waals surface area contributed by atoms with Gasteiger partial charge in [0, 0.05) is 12.5 Å². The van der Waals surface area contributed by atoms with Gasteiger partial charge in [-0.1, -0.05) is 0 Å². The van der Waals surface area contributed by atoms with Crippen LogP contribution in [0.15, 0.2) is 0 Å². The zero-order valence-corrected chi connectivity index (χ0v) is 10.2. The van der Waals surface area contributed by atoms with Crippen molar-refractivity contribution in [2.75, 3.05) is 7.11 Å². The van der Waals surface area contributed by atoms with E-state index in [-0.39, 0.29) is 0 Å². The van der Waals surface area contributed by atoms with Crippen molar-refractivity contribution in [3.8, 4) is 11.3 Å². The topological polar surface area (TPSA) is 57.2 Å². The van der Waals surface area contributed by atoms with E-state index in [1.165, 1.54) is 7.11 Å². The summed E-state index contributed by atoms with van der Waals surface area (Å²) in [4.78, 5) is 0. The van der Waals surface area contributed by atoms with Crippen LogP contribution in [-0.2, 0) is 18.9 Å². The highest BCUT2D eigenvalue weighted by Crippen LogP contribution is 2.42. The third-order valence-electron chi connectivity index (χ3n) is 2.91. The molecule has 0 aromatic heterocycles. The second kappa shape index (κ2) is 4.77. The van der Waals surface area contributed by atoms with Crippen LogP contribution in [0.4, 0.5) is 0 Å². The molecule has 2 heterocycles. The van der Waals surface area contributed by atoms with Gasteiger partial charge in [0.15, 0.2) is 5.60 Å². The smallest absolute Gasteiger partial charge is 0.273 e. The molecule has 0 amide bonds. The molecule has 1 N–H and O–H groups in total. The van der Waals surface area contributed by atoms with Crippen molar-refractivity contribution in [3.63, 3.8) is 0 Å². The van der Waals surface area contributed by atoms with Gasteiger partial charge in [-0.05, 0) is 24.4 Å². The number of methoxy groups -OCH3 is 1. The highest BCUT2D eigenvalue weighted by Gasteiger charge is 2.63. The summed E-state index contributed by atoms with van der Waals surface area (Å²) in [7, 11) is 7.26. The number of rotatable bonds is 2. The summed E-state index contributed by atoms with van der Waals surface area (Å²) in [6.07, 6.45) is -2.05. The molecular formula is C10H12BClO5. The van der Waals surface area contributed by atoms with Gasteiger partial charge in [-0.2, -0.15) is 0 Å². The molecule has 17 heavy (non-hydrogen) atoms. The van der Waals surface area contributed by atoms with Crippen LogP contribution in [0.2, 0.25) is 0 Å². The van der Waals surface area contributed by atoms with E-state index in [1.807, 2.05) is 0 Å². The maximum absolute atomic E-state index is 9.62. The van der Waals surface area contributed by atoms with Crippen LogP contribution in [0.25, 0.3) is 0 Å². The molecule has 2 fully saturated rings. The minimum Gasteiger partial charge on any atom is -0.391 e. The van der Waals surface area contributed by atoms with Gasteiger partial charge >= 0.3 is 0 Å². The van der Waals surface area contributed by atoms with Gasteiger partial charge in [-0.3, -0.25) is 0 Å². The third-order valence-corrected chi connectivity index (χ3v) is 3.00. The second-order valence-electron chi connectivity index (χ2n) is 3.97. The molecule has 5 unspecified atom stereocenters. The average molecular weight is 258 g/mol. The predicted molar refractivity (Wildman–Crippen MR) is 59.2 cm³/mol. The van der Waals surface area contributed by atoms with E-state index in [2.05, 4.69) is 11.3 Å². The van der Waals surface area contributed by atoms with E-state index in [0.717, 1.165) is 0 Å². The van der Waals surface area contributed by atoms with Crippen molar-refractivity contribution in [2.24, 2.45) is 0 Å². The maximum Gasteiger partial charge on any atom is 0.273 e. The fraction of sp³-hybridized carbons (Fsp3) is 0.800. The van der Waals surface area contributed by atoms with Crippen molar-refractivity contribution < 1.29 is 24.1 Å². The average Bonchev–Trinajstić information content (AvgIpc) is 2.75. The minimum absolute atomic E-state index is 0.636. The van der Waals surface area contributed by atoms with Crippen LogP contribution in [0.3, 0.4) is 0 Å². The van der Waals surface area contributed by atoms with E-state index in [9.17, 15) is 5.11 Å². The van der Waals surface area contributed by atoms with E-state index < -0.39 is 36.4 Å². The van der Waals surface area contributed by atoms with E-state index >= 15 is 0 Å². The predicted octanol–water partition coefficient (Wildman–Crippen LogP) is -0.456. The molecule has 0 saturated carbocycles. The van der Waals surface area contributed by atoms with Crippen molar-refractivity contribution in [1.29, 1.82) is 0 Å². The number of aliphatic hydroxyl groups excluding tert-OH is 1. The Hall–Kier alpha value is -0.285. The Morgan fingerprint density at radius 3 is 2.76 bits per heavy atom. The number of aliphatic hydroxyl groups is 1. The summed E-state index contributed by atoms with van der Waals surface area (Å²) in [5.41, 5.74) is -1.20. The lowest BCUT2D eigenvalue weighted by Gasteiger charge is -2.23. The lowest BCUT2D eigenvalue weighted by molar-refractivity contribution is -0.255. The third kappa shape index (κ3) is 1.97. The summed E-state index contributed by atoms with van der Waals surface area (Å²) in [5.74, 6) is 2.65. The fourth-order valence-electron chi connectivity index (χ4n) is 2.08. The molecule has 0 aliphatic carbocycles. The standard InChI is InChI=1S/C10H12BClO5/c1-5(13)6-7-10(3-4-12,8(11)15-6)17-9(14-2)16-7/h5-9,13H,1-2H3/t5?,6-,7?,8?,9?,10?/m1/s1. The fourth-order valence-corrected chi connectivity index (χ4v) is 2.23. The molecule has 2 aliphatic heterocycles. The van der Waals surface area contributed by atoms with Crippen LogP contribution < -0.4 is 0 Å². The Morgan fingerprint density at radius 2 is 2.24 bits per heavy atom. The Labute approximate surface area is 106 Å². The van der Waals surface area contributed by atoms with Gasteiger partial charge in [0.05, 0.1) is 12.1 Å². The van der Waals surface area contributed by atoms with Crippen molar-refractivity contribution in [3.05, 3.63) is 0 Å². The second-order valence-corrected chi connectivity index (χ2v) is 4.16. The molecule has 0 aromatic rings. The zero-order chi connectivity index (χ0) is 12.6. The molecule has 7 heteroatoms. The molecule has 6 atom stereocenters. The number of halogens is 1. The first-order valence-corrected chi connectivity index (χ1v) is 5.51. The molecule has 2 aliphatic rings. The Balaban J connectivity index is 2.33. The SMILES string of the molecule is [B]C1O[C@H](C(C)O)C2OC(OC)OC12C#CCl. The first-order valence-electron chi connectivity index (χ1n) is 5.13. The summed E-state index contributed by atoms with van der Waals surface area (Å²) >= 11 is 5.42. The molecule has 0 bridgehead atoms. The van der Waals surface area contributed by atoms with Crippen molar-refractivity contribution in [1.82, 2.24) is 0 Å². The van der Waals surface area contributed by atoms with Gasteiger partial charge in [-0.25, -0.2) is 0 Å². The number of hydrogen-bond acceptors (Lipinski definition) is 5. The van der Waals surface area contributed by atoms with Gasteiger partial charge in [0.1, 0.15) is 20.1 Å². The molecule has 2 saturated heterocycles. The van der Waals surface area contributed by atoms with Gasteiger partial charge < -0.3 is 24.1 Å². The Kier molecular flexibility index (Phi) is 3.69. The largest absolute Gasteiger partial charge is 0.391 e. The maximum atomic E-state index is 9.62. The van der Waals surface area contributed by atoms with Crippen molar-refractivity contribution >= 4 is 19.4 Å². The van der Waals surface area contributed by atoms with Gasteiger partial charge in [0.2, 0.25) is 0 Å². The first-order chi connectivity index (χ1) is 8.05. The van der Waals surface area contributed by atoms with Crippen LogP contribution in [0.5, 0.6) is 0 Å². The van der Waals surface area contributed by atoms with Crippen LogP contribution >= 0.6 is 11.6 Å². The summed E-state index contributed by atoms with van der Waals surface area (Å²) in [6, 6.07) is -0.863.